The minimum absolute atomic E-state index is 0.235. The molecule has 0 aliphatic heterocycles. The first-order chi connectivity index (χ1) is 6.58. The Bertz CT molecular complexity index is 164. The van der Waals surface area contributed by atoms with Crippen LogP contribution in [0.15, 0.2) is 0 Å². The number of halogens is 2. The highest BCUT2D eigenvalue weighted by atomic mass is 19.2. The summed E-state index contributed by atoms with van der Waals surface area (Å²) >= 11 is 0. The summed E-state index contributed by atoms with van der Waals surface area (Å²) in [5.74, 6) is -0.942. The zero-order chi connectivity index (χ0) is 11.1. The van der Waals surface area contributed by atoms with Crippen LogP contribution in [0.3, 0.4) is 0 Å². The van der Waals surface area contributed by atoms with E-state index in [1.54, 1.807) is 21.1 Å². The fourth-order valence-corrected chi connectivity index (χ4v) is 1.47. The quantitative estimate of drug-likeness (QED) is 0.617. The van der Waals surface area contributed by atoms with Gasteiger partial charge in [-0.1, -0.05) is 6.92 Å². The Hall–Kier alpha value is -0.510. The Morgan fingerprint density at radius 2 is 1.71 bits per heavy atom. The van der Waals surface area contributed by atoms with Gasteiger partial charge >= 0.3 is 0 Å². The first kappa shape index (κ1) is 13.5. The smallest absolute Gasteiger partial charge is 0.141 e. The average molecular weight is 208 g/mol. The lowest BCUT2D eigenvalue weighted by Crippen LogP contribution is -2.37. The van der Waals surface area contributed by atoms with Gasteiger partial charge in [0.15, 0.2) is 0 Å². The SMILES string of the molecule is CC1CCC(C=O)C(F)C1F.COC. The second-order valence-corrected chi connectivity index (χ2v) is 3.65. The Balaban J connectivity index is 0.000000500. The first-order valence-corrected chi connectivity index (χ1v) is 4.72. The maximum atomic E-state index is 12.9. The fraction of sp³-hybridized carbons (Fsp3) is 0.900. The van der Waals surface area contributed by atoms with Crippen molar-refractivity contribution in [3.63, 3.8) is 0 Å². The van der Waals surface area contributed by atoms with Crippen LogP contribution in [0.4, 0.5) is 8.78 Å². The van der Waals surface area contributed by atoms with Crippen molar-refractivity contribution < 1.29 is 18.3 Å². The number of carbonyl (C=O) groups excluding carboxylic acids is 1. The Kier molecular flexibility index (Phi) is 6.62. The van der Waals surface area contributed by atoms with E-state index in [9.17, 15) is 13.6 Å². The molecule has 0 aromatic rings. The Morgan fingerprint density at radius 3 is 2.14 bits per heavy atom. The minimum atomic E-state index is -1.57. The number of ether oxygens (including phenoxy) is 1. The van der Waals surface area contributed by atoms with Gasteiger partial charge in [0, 0.05) is 20.1 Å². The maximum absolute atomic E-state index is 12.9. The third-order valence-corrected chi connectivity index (χ3v) is 2.39. The van der Waals surface area contributed by atoms with Crippen molar-refractivity contribution in [3.8, 4) is 0 Å². The largest absolute Gasteiger partial charge is 0.388 e. The van der Waals surface area contributed by atoms with E-state index in [1.165, 1.54) is 0 Å². The molecule has 1 saturated carbocycles. The molecule has 4 atom stereocenters. The van der Waals surface area contributed by atoms with Gasteiger partial charge in [0.25, 0.3) is 0 Å². The molecule has 4 heteroatoms. The third-order valence-electron chi connectivity index (χ3n) is 2.39. The summed E-state index contributed by atoms with van der Waals surface area (Å²) in [7, 11) is 3.25. The van der Waals surface area contributed by atoms with Gasteiger partial charge in [-0.2, -0.15) is 0 Å². The van der Waals surface area contributed by atoms with E-state index in [2.05, 4.69) is 4.74 Å². The van der Waals surface area contributed by atoms with Crippen LogP contribution in [0, 0.1) is 11.8 Å². The number of carbonyl (C=O) groups is 1. The summed E-state index contributed by atoms with van der Waals surface area (Å²) in [6.07, 6.45) is -1.38. The lowest BCUT2D eigenvalue weighted by molar-refractivity contribution is -0.116. The highest BCUT2D eigenvalue weighted by molar-refractivity contribution is 5.55. The number of hydrogen-bond acceptors (Lipinski definition) is 2. The van der Waals surface area contributed by atoms with Crippen LogP contribution in [-0.4, -0.2) is 32.8 Å². The van der Waals surface area contributed by atoms with Crippen LogP contribution in [-0.2, 0) is 9.53 Å². The van der Waals surface area contributed by atoms with E-state index in [-0.39, 0.29) is 5.92 Å². The van der Waals surface area contributed by atoms with Crippen molar-refractivity contribution in [3.05, 3.63) is 0 Å². The van der Waals surface area contributed by atoms with Crippen molar-refractivity contribution in [1.29, 1.82) is 0 Å². The number of aldehydes is 1. The van der Waals surface area contributed by atoms with Gasteiger partial charge in [-0.25, -0.2) is 8.78 Å². The zero-order valence-corrected chi connectivity index (χ0v) is 8.87. The van der Waals surface area contributed by atoms with Crippen LogP contribution in [0.1, 0.15) is 19.8 Å². The molecule has 0 spiro atoms. The summed E-state index contributed by atoms with van der Waals surface area (Å²) in [5, 5.41) is 0. The molecule has 4 unspecified atom stereocenters. The molecule has 1 aliphatic carbocycles. The minimum Gasteiger partial charge on any atom is -0.388 e. The Morgan fingerprint density at radius 1 is 1.21 bits per heavy atom. The zero-order valence-electron chi connectivity index (χ0n) is 8.87. The molecule has 0 aromatic heterocycles. The molecule has 2 nitrogen and oxygen atoms in total. The summed E-state index contributed by atoms with van der Waals surface area (Å²) in [4.78, 5) is 10.2. The van der Waals surface area contributed by atoms with Crippen LogP contribution < -0.4 is 0 Å². The molecule has 1 fully saturated rings. The lowest BCUT2D eigenvalue weighted by atomic mass is 9.81. The van der Waals surface area contributed by atoms with E-state index < -0.39 is 18.3 Å². The Labute approximate surface area is 83.6 Å². The summed E-state index contributed by atoms with van der Waals surface area (Å²) in [6.45, 7) is 1.68. The number of rotatable bonds is 1. The summed E-state index contributed by atoms with van der Waals surface area (Å²) in [6, 6.07) is 0. The van der Waals surface area contributed by atoms with Gasteiger partial charge in [-0.3, -0.25) is 0 Å². The molecular weight excluding hydrogens is 190 g/mol. The molecule has 0 heterocycles. The topological polar surface area (TPSA) is 26.3 Å². The standard InChI is InChI=1S/C8H12F2O.C2H6O/c1-5-2-3-6(4-11)8(10)7(5)9;1-3-2/h4-8H,2-3H2,1H3;1-2H3. The predicted octanol–water partition coefficient (Wildman–Crippen LogP) is 2.17. The number of alkyl halides is 2. The second kappa shape index (κ2) is 6.87. The van der Waals surface area contributed by atoms with E-state index in [1.807, 2.05) is 0 Å². The van der Waals surface area contributed by atoms with Crippen LogP contribution >= 0.6 is 0 Å². The lowest BCUT2D eigenvalue weighted by Gasteiger charge is -2.29. The molecular formula is C10H18F2O2. The van der Waals surface area contributed by atoms with E-state index >= 15 is 0 Å². The van der Waals surface area contributed by atoms with Gasteiger partial charge < -0.3 is 9.53 Å². The summed E-state index contributed by atoms with van der Waals surface area (Å²) in [5.41, 5.74) is 0. The van der Waals surface area contributed by atoms with Crippen molar-refractivity contribution >= 4 is 6.29 Å². The van der Waals surface area contributed by atoms with Gasteiger partial charge in [-0.15, -0.1) is 0 Å². The fourth-order valence-electron chi connectivity index (χ4n) is 1.47. The highest BCUT2D eigenvalue weighted by Gasteiger charge is 2.37. The predicted molar refractivity (Wildman–Crippen MR) is 50.7 cm³/mol. The van der Waals surface area contributed by atoms with Gasteiger partial charge in [0.05, 0.1) is 0 Å². The van der Waals surface area contributed by atoms with Crippen molar-refractivity contribution in [1.82, 2.24) is 0 Å². The number of hydrogen-bond donors (Lipinski definition) is 0. The number of methoxy groups -OCH3 is 1. The van der Waals surface area contributed by atoms with Crippen LogP contribution in [0.2, 0.25) is 0 Å². The molecule has 0 radical (unpaired) electrons. The molecule has 1 aliphatic rings. The van der Waals surface area contributed by atoms with Gasteiger partial charge in [0.2, 0.25) is 0 Å². The van der Waals surface area contributed by atoms with E-state index in [4.69, 9.17) is 0 Å². The monoisotopic (exact) mass is 208 g/mol. The molecule has 14 heavy (non-hydrogen) atoms. The second-order valence-electron chi connectivity index (χ2n) is 3.65. The molecule has 0 aromatic carbocycles. The van der Waals surface area contributed by atoms with Crippen LogP contribution in [0.25, 0.3) is 0 Å². The molecule has 0 amide bonds. The maximum Gasteiger partial charge on any atom is 0.141 e. The third kappa shape index (κ3) is 3.70. The van der Waals surface area contributed by atoms with Crippen molar-refractivity contribution in [2.45, 2.75) is 32.1 Å². The van der Waals surface area contributed by atoms with Crippen molar-refractivity contribution in [2.75, 3.05) is 14.2 Å². The van der Waals surface area contributed by atoms with Crippen LogP contribution in [0.5, 0.6) is 0 Å². The molecule has 1 rings (SSSR count). The average Bonchev–Trinajstić information content (AvgIpc) is 2.16. The van der Waals surface area contributed by atoms with Gasteiger partial charge in [0.1, 0.15) is 18.6 Å². The first-order valence-electron chi connectivity index (χ1n) is 4.72. The van der Waals surface area contributed by atoms with Crippen molar-refractivity contribution in [2.24, 2.45) is 11.8 Å². The van der Waals surface area contributed by atoms with E-state index in [0.717, 1.165) is 0 Å². The molecule has 0 N–H and O–H groups in total. The highest BCUT2D eigenvalue weighted by Crippen LogP contribution is 2.32. The normalized spacial score (nSPS) is 36.9. The van der Waals surface area contributed by atoms with E-state index in [0.29, 0.717) is 19.1 Å². The molecule has 84 valence electrons. The van der Waals surface area contributed by atoms with Gasteiger partial charge in [-0.05, 0) is 18.8 Å². The molecule has 0 bridgehead atoms. The summed E-state index contributed by atoms with van der Waals surface area (Å²) < 4.78 is 30.0. The molecule has 0 saturated heterocycles.